The summed E-state index contributed by atoms with van der Waals surface area (Å²) in [4.78, 5) is 24.1. The van der Waals surface area contributed by atoms with Gasteiger partial charge in [0, 0.05) is 22.2 Å². The first kappa shape index (κ1) is 20.2. The lowest BCUT2D eigenvalue weighted by molar-refractivity contribution is -0.117. The van der Waals surface area contributed by atoms with Gasteiger partial charge in [0.25, 0.3) is 0 Å². The van der Waals surface area contributed by atoms with E-state index in [9.17, 15) is 4.79 Å². The van der Waals surface area contributed by atoms with Crippen molar-refractivity contribution in [3.05, 3.63) is 52.7 Å². The number of benzene rings is 1. The zero-order valence-electron chi connectivity index (χ0n) is 18.4. The van der Waals surface area contributed by atoms with Gasteiger partial charge in [-0.3, -0.25) is 9.69 Å². The Labute approximate surface area is 183 Å². The second-order valence-corrected chi connectivity index (χ2v) is 9.04. The van der Waals surface area contributed by atoms with Crippen LogP contribution in [0, 0.1) is 13.8 Å². The molecule has 0 spiro atoms. The number of nitrogens with one attached hydrogen (secondary N) is 1. The van der Waals surface area contributed by atoms with Crippen LogP contribution in [-0.4, -0.2) is 40.4 Å². The van der Waals surface area contributed by atoms with Crippen LogP contribution in [0.25, 0.3) is 11.0 Å². The minimum absolute atomic E-state index is 0.0220. The lowest BCUT2D eigenvalue weighted by Crippen LogP contribution is -2.39. The minimum atomic E-state index is 0.0220. The molecule has 1 N–H and O–H groups in total. The normalized spacial score (nSPS) is 17.6. The molecule has 0 atom stereocenters. The van der Waals surface area contributed by atoms with Gasteiger partial charge >= 0.3 is 0 Å². The van der Waals surface area contributed by atoms with Crippen molar-refractivity contribution in [3.63, 3.8) is 0 Å². The lowest BCUT2D eigenvalue weighted by atomic mass is 9.89. The van der Waals surface area contributed by atoms with Crippen LogP contribution in [0.4, 0.5) is 5.82 Å². The van der Waals surface area contributed by atoms with Crippen LogP contribution in [0.15, 0.2) is 28.9 Å². The van der Waals surface area contributed by atoms with Crippen molar-refractivity contribution in [1.82, 2.24) is 14.9 Å². The Bertz CT molecular complexity index is 1110. The van der Waals surface area contributed by atoms with Crippen molar-refractivity contribution in [3.8, 4) is 0 Å². The molecule has 0 unspecified atom stereocenters. The number of carbonyl (C=O) groups excluding carboxylic acids is 1. The summed E-state index contributed by atoms with van der Waals surface area (Å²) >= 11 is 0. The number of amides is 1. The van der Waals surface area contributed by atoms with E-state index in [2.05, 4.69) is 45.3 Å². The van der Waals surface area contributed by atoms with Gasteiger partial charge in [0.15, 0.2) is 0 Å². The Kier molecular flexibility index (Phi) is 5.48. The number of hydrogen-bond acceptors (Lipinski definition) is 5. The van der Waals surface area contributed by atoms with Crippen LogP contribution in [0.1, 0.15) is 59.8 Å². The van der Waals surface area contributed by atoms with Crippen molar-refractivity contribution >= 4 is 22.7 Å². The molecule has 31 heavy (non-hydrogen) atoms. The first-order chi connectivity index (χ1) is 15.1. The van der Waals surface area contributed by atoms with Gasteiger partial charge in [-0.2, -0.15) is 0 Å². The molecular weight excluding hydrogens is 388 g/mol. The molecule has 1 saturated heterocycles. The molecule has 0 radical (unpaired) electrons. The van der Waals surface area contributed by atoms with E-state index in [0.29, 0.717) is 12.5 Å². The largest absolute Gasteiger partial charge is 0.464 e. The molecule has 6 heteroatoms. The Hall–Kier alpha value is -2.73. The van der Waals surface area contributed by atoms with Crippen molar-refractivity contribution in [2.45, 2.75) is 58.3 Å². The monoisotopic (exact) mass is 418 g/mol. The predicted molar refractivity (Wildman–Crippen MR) is 121 cm³/mol. The third-order valence-electron chi connectivity index (χ3n) is 6.71. The molecule has 3 heterocycles. The fourth-order valence-electron chi connectivity index (χ4n) is 5.08. The number of piperidine rings is 1. The van der Waals surface area contributed by atoms with E-state index in [1.54, 1.807) is 0 Å². The molecule has 1 aromatic carbocycles. The van der Waals surface area contributed by atoms with Crippen molar-refractivity contribution in [2.24, 2.45) is 0 Å². The summed E-state index contributed by atoms with van der Waals surface area (Å²) in [6.45, 7) is 6.26. The van der Waals surface area contributed by atoms with Gasteiger partial charge in [0.05, 0.1) is 12.8 Å². The van der Waals surface area contributed by atoms with Gasteiger partial charge in [-0.05, 0) is 83.5 Å². The first-order valence-corrected chi connectivity index (χ1v) is 11.4. The molecule has 1 aliphatic heterocycles. The van der Waals surface area contributed by atoms with Crippen LogP contribution in [0.5, 0.6) is 0 Å². The predicted octanol–water partition coefficient (Wildman–Crippen LogP) is 4.54. The zero-order valence-corrected chi connectivity index (χ0v) is 18.4. The fraction of sp³-hybridized carbons (Fsp3) is 0.480. The van der Waals surface area contributed by atoms with Gasteiger partial charge < -0.3 is 9.73 Å². The summed E-state index contributed by atoms with van der Waals surface area (Å²) in [5.74, 6) is 1.97. The van der Waals surface area contributed by atoms with E-state index >= 15 is 0 Å². The van der Waals surface area contributed by atoms with Crippen LogP contribution >= 0.6 is 0 Å². The highest BCUT2D eigenvalue weighted by Gasteiger charge is 2.25. The molecule has 3 aromatic rings. The van der Waals surface area contributed by atoms with Crippen molar-refractivity contribution < 1.29 is 9.21 Å². The third kappa shape index (κ3) is 4.22. The third-order valence-corrected chi connectivity index (χ3v) is 6.71. The number of anilines is 1. The number of aryl methyl sites for hydroxylation is 3. The highest BCUT2D eigenvalue weighted by molar-refractivity contribution is 5.92. The average molecular weight is 419 g/mol. The molecule has 1 aliphatic carbocycles. The number of furan rings is 1. The molecule has 2 aromatic heterocycles. The summed E-state index contributed by atoms with van der Waals surface area (Å²) in [5, 5.41) is 4.32. The van der Waals surface area contributed by atoms with E-state index in [1.165, 1.54) is 16.5 Å². The summed E-state index contributed by atoms with van der Waals surface area (Å²) in [7, 11) is 0. The summed E-state index contributed by atoms with van der Waals surface area (Å²) in [6.07, 6.45) is 8.24. The van der Waals surface area contributed by atoms with Crippen molar-refractivity contribution in [2.75, 3.05) is 25.0 Å². The zero-order chi connectivity index (χ0) is 21.4. The molecule has 6 nitrogen and oxygen atoms in total. The first-order valence-electron chi connectivity index (χ1n) is 11.4. The molecule has 162 valence electrons. The van der Waals surface area contributed by atoms with E-state index < -0.39 is 0 Å². The number of nitrogens with zero attached hydrogens (tertiary/aromatic N) is 3. The molecule has 1 fully saturated rings. The van der Waals surface area contributed by atoms with Gasteiger partial charge in [-0.25, -0.2) is 9.97 Å². The SMILES string of the molecule is Cc1ccc2occ(C3CCN(CC(=O)Nc4nc(C)nc5c4CCCC5)CC3)c2c1. The highest BCUT2D eigenvalue weighted by Crippen LogP contribution is 2.35. The number of fused-ring (bicyclic) bond motifs is 2. The number of carbonyl (C=O) groups is 1. The Morgan fingerprint density at radius 3 is 2.81 bits per heavy atom. The Morgan fingerprint density at radius 2 is 1.97 bits per heavy atom. The van der Waals surface area contributed by atoms with Gasteiger partial charge in [0.2, 0.25) is 5.91 Å². The lowest BCUT2D eigenvalue weighted by Gasteiger charge is -2.31. The number of likely N-dealkylation sites (tertiary alicyclic amines) is 1. The van der Waals surface area contributed by atoms with E-state index in [4.69, 9.17) is 4.42 Å². The van der Waals surface area contributed by atoms with Crippen LogP contribution < -0.4 is 5.32 Å². The maximum Gasteiger partial charge on any atom is 0.239 e. The molecule has 2 aliphatic rings. The Morgan fingerprint density at radius 1 is 1.16 bits per heavy atom. The van der Waals surface area contributed by atoms with Crippen LogP contribution in [0.3, 0.4) is 0 Å². The van der Waals surface area contributed by atoms with Crippen LogP contribution in [0.2, 0.25) is 0 Å². The minimum Gasteiger partial charge on any atom is -0.464 e. The van der Waals surface area contributed by atoms with E-state index in [1.807, 2.05) is 13.2 Å². The fourth-order valence-corrected chi connectivity index (χ4v) is 5.08. The quantitative estimate of drug-likeness (QED) is 0.674. The maximum atomic E-state index is 12.8. The van der Waals surface area contributed by atoms with Gasteiger partial charge in [0.1, 0.15) is 17.2 Å². The second-order valence-electron chi connectivity index (χ2n) is 9.04. The second kappa shape index (κ2) is 8.42. The Balaban J connectivity index is 1.21. The average Bonchev–Trinajstić information content (AvgIpc) is 3.17. The number of hydrogen-bond donors (Lipinski definition) is 1. The van der Waals surface area contributed by atoms with E-state index in [0.717, 1.165) is 80.1 Å². The van der Waals surface area contributed by atoms with Gasteiger partial charge in [-0.1, -0.05) is 11.6 Å². The number of aromatic nitrogens is 2. The smallest absolute Gasteiger partial charge is 0.239 e. The standard InChI is InChI=1S/C25H30N4O2/c1-16-7-8-23-20(13-16)21(15-31-23)18-9-11-29(12-10-18)14-24(30)28-25-19-5-3-4-6-22(19)26-17(2)27-25/h7-8,13,15,18H,3-6,9-12,14H2,1-2H3,(H,26,27,28,30). The summed E-state index contributed by atoms with van der Waals surface area (Å²) in [6, 6.07) is 6.37. The summed E-state index contributed by atoms with van der Waals surface area (Å²) in [5.41, 5.74) is 5.77. The highest BCUT2D eigenvalue weighted by atomic mass is 16.3. The molecule has 5 rings (SSSR count). The molecule has 0 saturated carbocycles. The summed E-state index contributed by atoms with van der Waals surface area (Å²) < 4.78 is 5.78. The van der Waals surface area contributed by atoms with Gasteiger partial charge in [-0.15, -0.1) is 0 Å². The topological polar surface area (TPSA) is 71.3 Å². The van der Waals surface area contributed by atoms with E-state index in [-0.39, 0.29) is 5.91 Å². The van der Waals surface area contributed by atoms with Crippen LogP contribution in [-0.2, 0) is 17.6 Å². The maximum absolute atomic E-state index is 12.8. The van der Waals surface area contributed by atoms with Crippen molar-refractivity contribution in [1.29, 1.82) is 0 Å². The number of rotatable bonds is 4. The molecular formula is C25H30N4O2. The molecule has 1 amide bonds. The molecule has 0 bridgehead atoms.